The monoisotopic (exact) mass is 282 g/mol. The third-order valence-electron chi connectivity index (χ3n) is 3.54. The van der Waals surface area contributed by atoms with Crippen molar-refractivity contribution in [1.82, 2.24) is 4.90 Å². The molecule has 0 aromatic heterocycles. The fourth-order valence-electron chi connectivity index (χ4n) is 2.33. The number of likely N-dealkylation sites (tertiary alicyclic amines) is 1. The number of carbonyl (C=O) groups excluding carboxylic acids is 1. The summed E-state index contributed by atoms with van der Waals surface area (Å²) in [7, 11) is 2.11. The second-order valence-electron chi connectivity index (χ2n) is 5.13. The van der Waals surface area contributed by atoms with Gasteiger partial charge in [-0.1, -0.05) is 11.6 Å². The zero-order chi connectivity index (χ0) is 14.0. The van der Waals surface area contributed by atoms with E-state index in [1.54, 1.807) is 0 Å². The molecule has 0 radical (unpaired) electrons. The van der Waals surface area contributed by atoms with Gasteiger partial charge in [-0.25, -0.2) is 0 Å². The standard InChI is InChI=1S/C14H19ClN2O2/c1-9(18)11-7-12(15)13(8-14(11)19)16-10-3-5-17(2)6-4-10/h7-8,10,16,19H,3-6H2,1-2H3. The quantitative estimate of drug-likeness (QED) is 0.837. The number of benzene rings is 1. The Bertz CT molecular complexity index is 483. The number of anilines is 1. The molecule has 1 saturated heterocycles. The molecule has 0 atom stereocenters. The summed E-state index contributed by atoms with van der Waals surface area (Å²) in [5, 5.41) is 13.7. The lowest BCUT2D eigenvalue weighted by Crippen LogP contribution is -2.36. The van der Waals surface area contributed by atoms with Gasteiger partial charge >= 0.3 is 0 Å². The maximum atomic E-state index is 11.3. The zero-order valence-electron chi connectivity index (χ0n) is 11.2. The van der Waals surface area contributed by atoms with Gasteiger partial charge in [-0.15, -0.1) is 0 Å². The fourth-order valence-corrected chi connectivity index (χ4v) is 2.55. The number of rotatable bonds is 3. The molecule has 2 N–H and O–H groups in total. The average Bonchev–Trinajstić information content (AvgIpc) is 2.35. The zero-order valence-corrected chi connectivity index (χ0v) is 12.0. The summed E-state index contributed by atoms with van der Waals surface area (Å²) in [5.41, 5.74) is 0.956. The van der Waals surface area contributed by atoms with Crippen LogP contribution in [0.25, 0.3) is 0 Å². The van der Waals surface area contributed by atoms with Crippen molar-refractivity contribution < 1.29 is 9.90 Å². The van der Waals surface area contributed by atoms with Crippen molar-refractivity contribution in [2.75, 3.05) is 25.5 Å². The SMILES string of the molecule is CC(=O)c1cc(Cl)c(NC2CCN(C)CC2)cc1O. The van der Waals surface area contributed by atoms with Crippen molar-refractivity contribution in [3.63, 3.8) is 0 Å². The minimum Gasteiger partial charge on any atom is -0.507 e. The largest absolute Gasteiger partial charge is 0.507 e. The molecule has 1 fully saturated rings. The maximum absolute atomic E-state index is 11.3. The predicted octanol–water partition coefficient (Wildman–Crippen LogP) is 2.75. The van der Waals surface area contributed by atoms with Gasteiger partial charge in [0.05, 0.1) is 16.3 Å². The summed E-state index contributed by atoms with van der Waals surface area (Å²) in [6, 6.07) is 3.42. The number of phenols is 1. The molecule has 1 aromatic rings. The number of hydrogen-bond donors (Lipinski definition) is 2. The van der Waals surface area contributed by atoms with Gasteiger partial charge in [0.25, 0.3) is 0 Å². The van der Waals surface area contributed by atoms with E-state index < -0.39 is 0 Å². The second kappa shape index (κ2) is 5.80. The predicted molar refractivity (Wildman–Crippen MR) is 77.3 cm³/mol. The van der Waals surface area contributed by atoms with Gasteiger partial charge in [0, 0.05) is 12.1 Å². The van der Waals surface area contributed by atoms with E-state index in [9.17, 15) is 9.90 Å². The first-order valence-corrected chi connectivity index (χ1v) is 6.83. The average molecular weight is 283 g/mol. The molecule has 1 heterocycles. The fraction of sp³-hybridized carbons (Fsp3) is 0.500. The molecule has 5 heteroatoms. The van der Waals surface area contributed by atoms with E-state index in [4.69, 9.17) is 11.6 Å². The van der Waals surface area contributed by atoms with E-state index >= 15 is 0 Å². The molecular formula is C14H19ClN2O2. The first-order valence-electron chi connectivity index (χ1n) is 6.46. The highest BCUT2D eigenvalue weighted by Gasteiger charge is 2.18. The Morgan fingerprint density at radius 2 is 2.05 bits per heavy atom. The van der Waals surface area contributed by atoms with Gasteiger partial charge < -0.3 is 15.3 Å². The van der Waals surface area contributed by atoms with E-state index in [-0.39, 0.29) is 17.1 Å². The number of carbonyl (C=O) groups is 1. The van der Waals surface area contributed by atoms with Crippen LogP contribution < -0.4 is 5.32 Å². The molecule has 19 heavy (non-hydrogen) atoms. The smallest absolute Gasteiger partial charge is 0.163 e. The molecule has 4 nitrogen and oxygen atoms in total. The van der Waals surface area contributed by atoms with E-state index in [0.717, 1.165) is 25.9 Å². The van der Waals surface area contributed by atoms with Gasteiger partial charge in [-0.2, -0.15) is 0 Å². The molecule has 0 bridgehead atoms. The topological polar surface area (TPSA) is 52.6 Å². The van der Waals surface area contributed by atoms with E-state index in [1.165, 1.54) is 19.1 Å². The highest BCUT2D eigenvalue weighted by Crippen LogP contribution is 2.31. The molecule has 0 aliphatic carbocycles. The molecule has 104 valence electrons. The van der Waals surface area contributed by atoms with Crippen molar-refractivity contribution >= 4 is 23.1 Å². The molecule has 0 spiro atoms. The Morgan fingerprint density at radius 3 is 2.63 bits per heavy atom. The molecule has 0 unspecified atom stereocenters. The van der Waals surface area contributed by atoms with Crippen LogP contribution in [-0.2, 0) is 0 Å². The summed E-state index contributed by atoms with van der Waals surface area (Å²) < 4.78 is 0. The number of piperidine rings is 1. The van der Waals surface area contributed by atoms with Crippen molar-refractivity contribution in [3.8, 4) is 5.75 Å². The number of halogens is 1. The van der Waals surface area contributed by atoms with E-state index in [2.05, 4.69) is 17.3 Å². The summed E-state index contributed by atoms with van der Waals surface area (Å²) >= 11 is 6.16. The van der Waals surface area contributed by atoms with Crippen LogP contribution in [-0.4, -0.2) is 42.0 Å². The Morgan fingerprint density at radius 1 is 1.42 bits per heavy atom. The van der Waals surface area contributed by atoms with Crippen LogP contribution in [0.15, 0.2) is 12.1 Å². The summed E-state index contributed by atoms with van der Waals surface area (Å²) in [5.74, 6) is -0.211. The van der Waals surface area contributed by atoms with E-state index in [1.807, 2.05) is 0 Å². The minimum atomic E-state index is -0.190. The number of nitrogens with zero attached hydrogens (tertiary/aromatic N) is 1. The van der Waals surface area contributed by atoms with Crippen molar-refractivity contribution in [1.29, 1.82) is 0 Å². The van der Waals surface area contributed by atoms with E-state index in [0.29, 0.717) is 16.8 Å². The summed E-state index contributed by atoms with van der Waals surface area (Å²) in [4.78, 5) is 13.6. The first kappa shape index (κ1) is 14.2. The number of phenolic OH excluding ortho intramolecular Hbond substituents is 1. The van der Waals surface area contributed by atoms with Crippen molar-refractivity contribution in [3.05, 3.63) is 22.7 Å². The van der Waals surface area contributed by atoms with Gasteiger partial charge in [-0.3, -0.25) is 4.79 Å². The number of nitrogens with one attached hydrogen (secondary N) is 1. The Kier molecular flexibility index (Phi) is 4.32. The number of hydrogen-bond acceptors (Lipinski definition) is 4. The number of ketones is 1. The highest BCUT2D eigenvalue weighted by atomic mass is 35.5. The Balaban J connectivity index is 2.13. The number of Topliss-reactive ketones (excluding diaryl/α,β-unsaturated/α-hetero) is 1. The molecule has 1 aliphatic heterocycles. The van der Waals surface area contributed by atoms with Crippen LogP contribution in [0.4, 0.5) is 5.69 Å². The Labute approximate surface area is 118 Å². The highest BCUT2D eigenvalue weighted by molar-refractivity contribution is 6.33. The lowest BCUT2D eigenvalue weighted by Gasteiger charge is -2.30. The number of aromatic hydroxyl groups is 1. The van der Waals surface area contributed by atoms with Crippen molar-refractivity contribution in [2.24, 2.45) is 0 Å². The second-order valence-corrected chi connectivity index (χ2v) is 5.53. The summed E-state index contributed by atoms with van der Waals surface area (Å²) in [6.07, 6.45) is 2.09. The third kappa shape index (κ3) is 3.39. The normalized spacial score (nSPS) is 17.4. The van der Waals surface area contributed by atoms with Crippen LogP contribution in [0.1, 0.15) is 30.1 Å². The van der Waals surface area contributed by atoms with Crippen molar-refractivity contribution in [2.45, 2.75) is 25.8 Å². The Hall–Kier alpha value is -1.26. The third-order valence-corrected chi connectivity index (χ3v) is 3.86. The lowest BCUT2D eigenvalue weighted by molar-refractivity contribution is 0.101. The molecule has 2 rings (SSSR count). The van der Waals surface area contributed by atoms with Crippen LogP contribution in [0, 0.1) is 0 Å². The first-order chi connectivity index (χ1) is 8.97. The van der Waals surface area contributed by atoms with Crippen LogP contribution in [0.2, 0.25) is 5.02 Å². The van der Waals surface area contributed by atoms with Gasteiger partial charge in [0.2, 0.25) is 0 Å². The summed E-state index contributed by atoms with van der Waals surface area (Å²) in [6.45, 7) is 3.51. The molecule has 0 saturated carbocycles. The van der Waals surface area contributed by atoms with Gasteiger partial charge in [0.15, 0.2) is 5.78 Å². The van der Waals surface area contributed by atoms with Gasteiger partial charge in [0.1, 0.15) is 5.75 Å². The van der Waals surface area contributed by atoms with Crippen LogP contribution in [0.5, 0.6) is 5.75 Å². The van der Waals surface area contributed by atoms with Crippen LogP contribution in [0.3, 0.4) is 0 Å². The maximum Gasteiger partial charge on any atom is 0.163 e. The van der Waals surface area contributed by atoms with Crippen LogP contribution >= 0.6 is 11.6 Å². The molecule has 0 amide bonds. The lowest BCUT2D eigenvalue weighted by atomic mass is 10.0. The van der Waals surface area contributed by atoms with Gasteiger partial charge in [-0.05, 0) is 46.0 Å². The minimum absolute atomic E-state index is 0.0210. The molecule has 1 aliphatic rings. The molecule has 1 aromatic carbocycles. The molecular weight excluding hydrogens is 264 g/mol.